The van der Waals surface area contributed by atoms with E-state index < -0.39 is 0 Å². The third-order valence-corrected chi connectivity index (χ3v) is 5.19. The number of aryl methyl sites for hydroxylation is 1. The van der Waals surface area contributed by atoms with Crippen molar-refractivity contribution in [2.24, 2.45) is 5.92 Å². The van der Waals surface area contributed by atoms with E-state index in [4.69, 9.17) is 0 Å². The molecule has 1 amide bonds. The van der Waals surface area contributed by atoms with Crippen LogP contribution in [0.5, 0.6) is 0 Å². The molecule has 0 saturated carbocycles. The lowest BCUT2D eigenvalue weighted by atomic mass is 9.97. The van der Waals surface area contributed by atoms with Gasteiger partial charge in [0.1, 0.15) is 5.82 Å². The first-order valence-electron chi connectivity index (χ1n) is 9.80. The average molecular weight is 390 g/mol. The fraction of sp³-hybridized carbons (Fsp3) is 0.261. The third-order valence-electron chi connectivity index (χ3n) is 5.19. The van der Waals surface area contributed by atoms with E-state index in [-0.39, 0.29) is 17.6 Å². The lowest BCUT2D eigenvalue weighted by molar-refractivity contribution is -0.120. The summed E-state index contributed by atoms with van der Waals surface area (Å²) in [6.07, 6.45) is 1.72. The monoisotopic (exact) mass is 390 g/mol. The van der Waals surface area contributed by atoms with E-state index in [0.29, 0.717) is 12.2 Å². The molecule has 0 radical (unpaired) electrons. The predicted molar refractivity (Wildman–Crippen MR) is 112 cm³/mol. The van der Waals surface area contributed by atoms with Gasteiger partial charge in [0, 0.05) is 24.3 Å². The van der Waals surface area contributed by atoms with Crippen molar-refractivity contribution in [2.75, 3.05) is 23.3 Å². The van der Waals surface area contributed by atoms with E-state index >= 15 is 0 Å². The van der Waals surface area contributed by atoms with Gasteiger partial charge in [-0.2, -0.15) is 0 Å². The number of carbonyl (C=O) groups is 1. The highest BCUT2D eigenvalue weighted by Gasteiger charge is 2.26. The van der Waals surface area contributed by atoms with Gasteiger partial charge in [0.05, 0.1) is 11.6 Å². The molecule has 2 heterocycles. The highest BCUT2D eigenvalue weighted by Crippen LogP contribution is 2.24. The Labute approximate surface area is 169 Å². The van der Waals surface area contributed by atoms with E-state index in [1.807, 2.05) is 24.3 Å². The first kappa shape index (κ1) is 19.1. The van der Waals surface area contributed by atoms with Gasteiger partial charge in [-0.3, -0.25) is 4.79 Å². The second kappa shape index (κ2) is 8.39. The molecule has 6 heteroatoms. The van der Waals surface area contributed by atoms with Crippen molar-refractivity contribution in [1.82, 2.24) is 10.2 Å². The molecule has 0 spiro atoms. The van der Waals surface area contributed by atoms with Gasteiger partial charge in [0.25, 0.3) is 0 Å². The van der Waals surface area contributed by atoms with Crippen LogP contribution in [0.4, 0.5) is 15.9 Å². The Morgan fingerprint density at radius 2 is 1.93 bits per heavy atom. The van der Waals surface area contributed by atoms with Gasteiger partial charge in [0.2, 0.25) is 5.91 Å². The van der Waals surface area contributed by atoms with Crippen molar-refractivity contribution in [3.05, 3.63) is 72.0 Å². The van der Waals surface area contributed by atoms with Crippen LogP contribution in [0.2, 0.25) is 0 Å². The largest absolute Gasteiger partial charge is 0.354 e. The molecule has 0 unspecified atom stereocenters. The second-order valence-electron chi connectivity index (χ2n) is 7.43. The zero-order valence-electron chi connectivity index (χ0n) is 16.3. The summed E-state index contributed by atoms with van der Waals surface area (Å²) < 4.78 is 13.0. The number of rotatable bonds is 4. The summed E-state index contributed by atoms with van der Waals surface area (Å²) in [7, 11) is 0. The molecule has 0 bridgehead atoms. The minimum Gasteiger partial charge on any atom is -0.354 e. The van der Waals surface area contributed by atoms with Crippen molar-refractivity contribution >= 4 is 17.4 Å². The standard InChI is InChI=1S/C23H23FN4O/c1-16-4-2-5-17(14-16)21-11-12-22(27-26-21)28-13-3-6-18(15-28)23(29)25-20-9-7-19(24)8-10-20/h2,4-5,7-12,14,18H,3,6,13,15H2,1H3,(H,25,29)/t18-/m0/s1. The Balaban J connectivity index is 1.42. The topological polar surface area (TPSA) is 58.1 Å². The van der Waals surface area contributed by atoms with Crippen molar-refractivity contribution < 1.29 is 9.18 Å². The number of nitrogens with one attached hydrogen (secondary N) is 1. The molecular formula is C23H23FN4O. The summed E-state index contributed by atoms with van der Waals surface area (Å²) in [6, 6.07) is 17.9. The number of aromatic nitrogens is 2. The van der Waals surface area contributed by atoms with Crippen LogP contribution in [0.15, 0.2) is 60.7 Å². The highest BCUT2D eigenvalue weighted by atomic mass is 19.1. The lowest BCUT2D eigenvalue weighted by Crippen LogP contribution is -2.41. The molecule has 1 saturated heterocycles. The van der Waals surface area contributed by atoms with Crippen molar-refractivity contribution in [3.63, 3.8) is 0 Å². The fourth-order valence-electron chi connectivity index (χ4n) is 3.63. The molecule has 148 valence electrons. The number of halogens is 1. The van der Waals surface area contributed by atoms with Gasteiger partial charge >= 0.3 is 0 Å². The number of nitrogens with zero attached hydrogens (tertiary/aromatic N) is 3. The van der Waals surface area contributed by atoms with Crippen molar-refractivity contribution in [2.45, 2.75) is 19.8 Å². The van der Waals surface area contributed by atoms with Crippen molar-refractivity contribution in [1.29, 1.82) is 0 Å². The molecule has 1 aliphatic rings. The fourth-order valence-corrected chi connectivity index (χ4v) is 3.63. The normalized spacial score (nSPS) is 16.5. The highest BCUT2D eigenvalue weighted by molar-refractivity contribution is 5.93. The Bertz CT molecular complexity index is 989. The lowest BCUT2D eigenvalue weighted by Gasteiger charge is -2.32. The Kier molecular flexibility index (Phi) is 5.51. The molecule has 5 nitrogen and oxygen atoms in total. The van der Waals surface area contributed by atoms with Gasteiger partial charge in [-0.05, 0) is 62.2 Å². The number of carbonyl (C=O) groups excluding carboxylic acids is 1. The second-order valence-corrected chi connectivity index (χ2v) is 7.43. The number of benzene rings is 2. The zero-order chi connectivity index (χ0) is 20.2. The predicted octanol–water partition coefficient (Wildman–Crippen LogP) is 4.45. The molecule has 1 N–H and O–H groups in total. The van der Waals surface area contributed by atoms with Crippen LogP contribution < -0.4 is 10.2 Å². The van der Waals surface area contributed by atoms with Gasteiger partial charge in [-0.15, -0.1) is 10.2 Å². The summed E-state index contributed by atoms with van der Waals surface area (Å²) in [6.45, 7) is 3.49. The maximum absolute atomic E-state index is 13.0. The molecule has 1 atom stereocenters. The van der Waals surface area contributed by atoms with Crippen LogP contribution in [-0.2, 0) is 4.79 Å². The molecule has 2 aromatic carbocycles. The van der Waals surface area contributed by atoms with Crippen LogP contribution in [0.3, 0.4) is 0 Å². The SMILES string of the molecule is Cc1cccc(-c2ccc(N3CCC[C@H](C(=O)Nc4ccc(F)cc4)C3)nn2)c1. The van der Waals surface area contributed by atoms with Gasteiger partial charge in [-0.25, -0.2) is 4.39 Å². The molecule has 0 aliphatic carbocycles. The molecule has 29 heavy (non-hydrogen) atoms. The molecular weight excluding hydrogens is 367 g/mol. The van der Waals surface area contributed by atoms with E-state index in [1.165, 1.54) is 17.7 Å². The number of hydrogen-bond donors (Lipinski definition) is 1. The maximum Gasteiger partial charge on any atom is 0.229 e. The van der Waals surface area contributed by atoms with Gasteiger partial charge < -0.3 is 10.2 Å². The smallest absolute Gasteiger partial charge is 0.229 e. The summed E-state index contributed by atoms with van der Waals surface area (Å²) in [5.74, 6) is 0.262. The van der Waals surface area contributed by atoms with E-state index in [2.05, 4.69) is 39.5 Å². The third kappa shape index (κ3) is 4.59. The minimum absolute atomic E-state index is 0.0503. The number of piperidine rings is 1. The Morgan fingerprint density at radius 1 is 1.10 bits per heavy atom. The molecule has 1 aliphatic heterocycles. The van der Waals surface area contributed by atoms with Crippen molar-refractivity contribution in [3.8, 4) is 11.3 Å². The number of hydrogen-bond acceptors (Lipinski definition) is 4. The summed E-state index contributed by atoms with van der Waals surface area (Å²) >= 11 is 0. The summed E-state index contributed by atoms with van der Waals surface area (Å²) in [5, 5.41) is 11.7. The quantitative estimate of drug-likeness (QED) is 0.715. The van der Waals surface area contributed by atoms with E-state index in [1.54, 1.807) is 12.1 Å². The van der Waals surface area contributed by atoms with Crippen LogP contribution in [0.25, 0.3) is 11.3 Å². The van der Waals surface area contributed by atoms with Crippen LogP contribution in [0.1, 0.15) is 18.4 Å². The maximum atomic E-state index is 13.0. The molecule has 4 rings (SSSR count). The number of amides is 1. The van der Waals surface area contributed by atoms with Crippen LogP contribution in [-0.4, -0.2) is 29.2 Å². The summed E-state index contributed by atoms with van der Waals surface area (Å²) in [5.41, 5.74) is 3.66. The Morgan fingerprint density at radius 3 is 2.66 bits per heavy atom. The van der Waals surface area contributed by atoms with Crippen LogP contribution >= 0.6 is 0 Å². The van der Waals surface area contributed by atoms with Crippen LogP contribution in [0, 0.1) is 18.7 Å². The average Bonchev–Trinajstić information content (AvgIpc) is 2.75. The number of anilines is 2. The van der Waals surface area contributed by atoms with E-state index in [9.17, 15) is 9.18 Å². The Hall–Kier alpha value is -3.28. The minimum atomic E-state index is -0.320. The van der Waals surface area contributed by atoms with Gasteiger partial charge in [0.15, 0.2) is 5.82 Å². The molecule has 3 aromatic rings. The molecule has 1 aromatic heterocycles. The summed E-state index contributed by atoms with van der Waals surface area (Å²) in [4.78, 5) is 14.7. The molecule has 1 fully saturated rings. The first-order chi connectivity index (χ1) is 14.1. The van der Waals surface area contributed by atoms with Gasteiger partial charge in [-0.1, -0.05) is 23.8 Å². The zero-order valence-corrected chi connectivity index (χ0v) is 16.3. The first-order valence-corrected chi connectivity index (χ1v) is 9.80. The van der Waals surface area contributed by atoms with E-state index in [0.717, 1.165) is 36.5 Å².